The molecule has 0 bridgehead atoms. The Kier molecular flexibility index (Phi) is 7.29. The topological polar surface area (TPSA) is 69.8 Å². The van der Waals surface area contributed by atoms with E-state index in [0.717, 1.165) is 19.6 Å². The zero-order chi connectivity index (χ0) is 12.7. The van der Waals surface area contributed by atoms with E-state index < -0.39 is 12.0 Å². The lowest BCUT2D eigenvalue weighted by Gasteiger charge is -2.30. The molecular weight excluding hydrogens is 206 g/mol. The van der Waals surface area contributed by atoms with Gasteiger partial charge in [-0.2, -0.15) is 0 Å². The van der Waals surface area contributed by atoms with Gasteiger partial charge in [0.2, 0.25) is 0 Å². The molecule has 0 radical (unpaired) electrons. The number of hydrogen-bond acceptors (Lipinski definition) is 4. The van der Waals surface area contributed by atoms with Crippen molar-refractivity contribution < 1.29 is 9.90 Å². The van der Waals surface area contributed by atoms with Gasteiger partial charge in [-0.1, -0.05) is 6.92 Å². The fourth-order valence-electron chi connectivity index (χ4n) is 1.76. The van der Waals surface area contributed by atoms with Crippen LogP contribution in [0.5, 0.6) is 0 Å². The molecule has 3 N–H and O–H groups in total. The van der Waals surface area contributed by atoms with Gasteiger partial charge < -0.3 is 15.7 Å². The molecule has 0 heterocycles. The quantitative estimate of drug-likeness (QED) is 0.618. The molecule has 0 rings (SSSR count). The van der Waals surface area contributed by atoms with Gasteiger partial charge >= 0.3 is 5.97 Å². The maximum absolute atomic E-state index is 10.6. The summed E-state index contributed by atoms with van der Waals surface area (Å²) in [6, 6.07) is -0.332. The minimum atomic E-state index is -0.920. The van der Waals surface area contributed by atoms with Crippen molar-refractivity contribution >= 4 is 5.97 Å². The summed E-state index contributed by atoms with van der Waals surface area (Å²) in [5.41, 5.74) is 5.48. The highest BCUT2D eigenvalue weighted by molar-refractivity contribution is 5.72. The van der Waals surface area contributed by atoms with Crippen molar-refractivity contribution in [2.75, 3.05) is 33.7 Å². The minimum Gasteiger partial charge on any atom is -0.480 e. The average molecular weight is 231 g/mol. The van der Waals surface area contributed by atoms with Crippen LogP contribution in [-0.4, -0.2) is 66.7 Å². The van der Waals surface area contributed by atoms with E-state index in [1.54, 1.807) is 0 Å². The van der Waals surface area contributed by atoms with Crippen LogP contribution < -0.4 is 5.73 Å². The lowest BCUT2D eigenvalue weighted by atomic mass is 10.2. The highest BCUT2D eigenvalue weighted by Crippen LogP contribution is 2.02. The highest BCUT2D eigenvalue weighted by Gasteiger charge is 2.16. The summed E-state index contributed by atoms with van der Waals surface area (Å²) >= 11 is 0. The molecule has 0 fully saturated rings. The average Bonchev–Trinajstić information content (AvgIpc) is 2.16. The third-order valence-electron chi connectivity index (χ3n) is 2.70. The molecule has 2 atom stereocenters. The lowest BCUT2D eigenvalue weighted by molar-refractivity contribution is -0.138. The number of aliphatic carboxylic acids is 1. The van der Waals surface area contributed by atoms with Crippen LogP contribution >= 0.6 is 0 Å². The molecule has 0 aromatic heterocycles. The van der Waals surface area contributed by atoms with Crippen LogP contribution in [0.4, 0.5) is 0 Å². The van der Waals surface area contributed by atoms with E-state index in [1.807, 2.05) is 14.1 Å². The van der Waals surface area contributed by atoms with Crippen LogP contribution in [0.3, 0.4) is 0 Å². The summed E-state index contributed by atoms with van der Waals surface area (Å²) < 4.78 is 0. The molecule has 0 amide bonds. The third-order valence-corrected chi connectivity index (χ3v) is 2.70. The lowest BCUT2D eigenvalue weighted by Crippen LogP contribution is -2.43. The summed E-state index contributed by atoms with van der Waals surface area (Å²) in [5, 5.41) is 8.70. The van der Waals surface area contributed by atoms with Crippen molar-refractivity contribution in [3.63, 3.8) is 0 Å². The van der Waals surface area contributed by atoms with Crippen LogP contribution in [0, 0.1) is 0 Å². The van der Waals surface area contributed by atoms with Gasteiger partial charge in [0.05, 0.1) is 0 Å². The predicted molar refractivity (Wildman–Crippen MR) is 65.5 cm³/mol. The van der Waals surface area contributed by atoms with Crippen molar-refractivity contribution in [1.82, 2.24) is 9.80 Å². The molecule has 5 nitrogen and oxygen atoms in total. The molecule has 0 aliphatic heterocycles. The minimum absolute atomic E-state index is 0.418. The number of carboxylic acid groups (broad SMARTS) is 1. The Morgan fingerprint density at radius 1 is 1.44 bits per heavy atom. The third kappa shape index (κ3) is 6.05. The number of hydrogen-bond donors (Lipinski definition) is 2. The standard InChI is InChI=1S/C11H25N3O2/c1-5-14(9(2)8-13(3)4)7-6-10(12)11(15)16/h9-10H,5-8,12H2,1-4H3,(H,15,16). The maximum Gasteiger partial charge on any atom is 0.320 e. The zero-order valence-corrected chi connectivity index (χ0v) is 10.8. The molecule has 0 aromatic carbocycles. The summed E-state index contributed by atoms with van der Waals surface area (Å²) in [4.78, 5) is 15.0. The number of rotatable bonds is 8. The van der Waals surface area contributed by atoms with Gasteiger partial charge in [0.1, 0.15) is 6.04 Å². The SMILES string of the molecule is CCN(CCC(N)C(=O)O)C(C)CN(C)C. The Morgan fingerprint density at radius 3 is 2.38 bits per heavy atom. The Labute approximate surface area is 98.2 Å². The molecular formula is C11H25N3O2. The van der Waals surface area contributed by atoms with Crippen molar-refractivity contribution in [2.24, 2.45) is 5.73 Å². The van der Waals surface area contributed by atoms with Crippen LogP contribution in [-0.2, 0) is 4.79 Å². The number of likely N-dealkylation sites (N-methyl/N-ethyl adjacent to an activating group) is 2. The van der Waals surface area contributed by atoms with Gasteiger partial charge in [-0.3, -0.25) is 9.69 Å². The summed E-state index contributed by atoms with van der Waals surface area (Å²) in [6.07, 6.45) is 0.501. The van der Waals surface area contributed by atoms with Crippen molar-refractivity contribution in [1.29, 1.82) is 0 Å². The summed E-state index contributed by atoms with van der Waals surface area (Å²) in [5.74, 6) is -0.920. The number of nitrogens with two attached hydrogens (primary N) is 1. The molecule has 0 saturated heterocycles. The van der Waals surface area contributed by atoms with E-state index in [-0.39, 0.29) is 0 Å². The molecule has 0 aliphatic carbocycles. The first-order valence-electron chi connectivity index (χ1n) is 5.75. The number of nitrogens with zero attached hydrogens (tertiary/aromatic N) is 2. The van der Waals surface area contributed by atoms with E-state index in [4.69, 9.17) is 10.8 Å². The smallest absolute Gasteiger partial charge is 0.320 e. The molecule has 5 heteroatoms. The Morgan fingerprint density at radius 2 is 2.00 bits per heavy atom. The fraction of sp³-hybridized carbons (Fsp3) is 0.909. The Hall–Kier alpha value is -0.650. The first kappa shape index (κ1) is 15.3. The Bertz CT molecular complexity index is 209. The van der Waals surface area contributed by atoms with Crippen LogP contribution in [0.2, 0.25) is 0 Å². The number of carbonyl (C=O) groups is 1. The molecule has 16 heavy (non-hydrogen) atoms. The molecule has 96 valence electrons. The zero-order valence-electron chi connectivity index (χ0n) is 10.8. The van der Waals surface area contributed by atoms with Gasteiger partial charge in [0.15, 0.2) is 0 Å². The molecule has 0 aromatic rings. The second kappa shape index (κ2) is 7.60. The normalized spacial score (nSPS) is 15.4. The van der Waals surface area contributed by atoms with Gasteiger partial charge in [0, 0.05) is 19.1 Å². The van der Waals surface area contributed by atoms with E-state index in [1.165, 1.54) is 0 Å². The van der Waals surface area contributed by atoms with E-state index in [9.17, 15) is 4.79 Å². The summed E-state index contributed by atoms with van der Waals surface area (Å²) in [6.45, 7) is 6.85. The van der Waals surface area contributed by atoms with Crippen molar-refractivity contribution in [3.8, 4) is 0 Å². The molecule has 0 saturated carbocycles. The largest absolute Gasteiger partial charge is 0.480 e. The summed E-state index contributed by atoms with van der Waals surface area (Å²) in [7, 11) is 4.07. The van der Waals surface area contributed by atoms with Gasteiger partial charge in [-0.25, -0.2) is 0 Å². The molecule has 0 aliphatic rings. The first-order valence-corrected chi connectivity index (χ1v) is 5.75. The maximum atomic E-state index is 10.6. The van der Waals surface area contributed by atoms with E-state index >= 15 is 0 Å². The van der Waals surface area contributed by atoms with Crippen LogP contribution in [0.1, 0.15) is 20.3 Å². The van der Waals surface area contributed by atoms with Gasteiger partial charge in [-0.15, -0.1) is 0 Å². The predicted octanol–water partition coefficient (Wildman–Crippen LogP) is 0.0604. The van der Waals surface area contributed by atoms with E-state index in [0.29, 0.717) is 12.5 Å². The van der Waals surface area contributed by atoms with Crippen molar-refractivity contribution in [2.45, 2.75) is 32.4 Å². The highest BCUT2D eigenvalue weighted by atomic mass is 16.4. The van der Waals surface area contributed by atoms with Crippen molar-refractivity contribution in [3.05, 3.63) is 0 Å². The van der Waals surface area contributed by atoms with Crippen LogP contribution in [0.15, 0.2) is 0 Å². The molecule has 2 unspecified atom stereocenters. The van der Waals surface area contributed by atoms with Crippen LogP contribution in [0.25, 0.3) is 0 Å². The Balaban J connectivity index is 4.04. The van der Waals surface area contributed by atoms with Gasteiger partial charge in [-0.05, 0) is 34.0 Å². The first-order chi connectivity index (χ1) is 7.38. The monoisotopic (exact) mass is 231 g/mol. The van der Waals surface area contributed by atoms with Gasteiger partial charge in [0.25, 0.3) is 0 Å². The second-order valence-corrected chi connectivity index (χ2v) is 4.47. The number of carboxylic acids is 1. The second-order valence-electron chi connectivity index (χ2n) is 4.47. The van der Waals surface area contributed by atoms with E-state index in [2.05, 4.69) is 23.6 Å². The molecule has 0 spiro atoms. The fourth-order valence-corrected chi connectivity index (χ4v) is 1.76.